The summed E-state index contributed by atoms with van der Waals surface area (Å²) in [5.74, 6) is -1.88. The van der Waals surface area contributed by atoms with Gasteiger partial charge < -0.3 is 15.3 Å². The minimum Gasteiger partial charge on any atom is -0.379 e. The molecule has 0 saturated heterocycles. The van der Waals surface area contributed by atoms with Crippen LogP contribution in [0.15, 0.2) is 53.7 Å². The fourth-order valence-corrected chi connectivity index (χ4v) is 3.78. The molecular formula is C23H20F6N2O4. The Hall–Kier alpha value is -3.41. The third kappa shape index (κ3) is 5.16. The smallest absolute Gasteiger partial charge is 0.379 e. The van der Waals surface area contributed by atoms with Gasteiger partial charge in [0, 0.05) is 23.2 Å². The summed E-state index contributed by atoms with van der Waals surface area (Å²) in [5, 5.41) is 15.3. The summed E-state index contributed by atoms with van der Waals surface area (Å²) in [7, 11) is 0. The predicted molar refractivity (Wildman–Crippen MR) is 113 cm³/mol. The molecule has 2 unspecified atom stereocenters. The molecule has 188 valence electrons. The average molecular weight is 502 g/mol. The lowest BCUT2D eigenvalue weighted by atomic mass is 9.74. The number of aldehydes is 1. The summed E-state index contributed by atoms with van der Waals surface area (Å²) in [6, 6.07) is 10.6. The monoisotopic (exact) mass is 502 g/mol. The Kier molecular flexibility index (Phi) is 6.73. The molecule has 0 spiro atoms. The Morgan fingerprint density at radius 3 is 2.26 bits per heavy atom. The molecule has 2 atom stereocenters. The molecule has 0 fully saturated rings. The first-order chi connectivity index (χ1) is 16.1. The van der Waals surface area contributed by atoms with Gasteiger partial charge in [0.05, 0.1) is 0 Å². The maximum atomic E-state index is 14.0. The number of rotatable bonds is 6. The van der Waals surface area contributed by atoms with Gasteiger partial charge in [-0.3, -0.25) is 9.59 Å². The van der Waals surface area contributed by atoms with E-state index in [0.717, 1.165) is 18.2 Å². The molecule has 2 aromatic rings. The zero-order chi connectivity index (χ0) is 26.2. The molecule has 0 aromatic heterocycles. The van der Waals surface area contributed by atoms with Gasteiger partial charge in [-0.15, -0.1) is 0 Å². The Morgan fingerprint density at radius 1 is 1.09 bits per heavy atom. The minimum absolute atomic E-state index is 0.196. The van der Waals surface area contributed by atoms with E-state index in [9.17, 15) is 41.0 Å². The Bertz CT molecular complexity index is 1140. The molecule has 3 rings (SSSR count). The normalized spacial score (nSPS) is 18.0. The highest BCUT2D eigenvalue weighted by Crippen LogP contribution is 2.42. The molecule has 0 radical (unpaired) electrons. The fourth-order valence-electron chi connectivity index (χ4n) is 3.78. The van der Waals surface area contributed by atoms with Crippen LogP contribution >= 0.6 is 0 Å². The van der Waals surface area contributed by atoms with Crippen LogP contribution in [0.25, 0.3) is 0 Å². The molecule has 0 saturated carbocycles. The van der Waals surface area contributed by atoms with Gasteiger partial charge in [-0.1, -0.05) is 55.4 Å². The summed E-state index contributed by atoms with van der Waals surface area (Å²) < 4.78 is 82.0. The molecule has 1 aliphatic heterocycles. The van der Waals surface area contributed by atoms with Gasteiger partial charge in [-0.25, -0.2) is 0 Å². The van der Waals surface area contributed by atoms with Crippen molar-refractivity contribution in [3.63, 3.8) is 0 Å². The first kappa shape index (κ1) is 26.2. The Labute approximate surface area is 195 Å². The third-order valence-corrected chi connectivity index (χ3v) is 5.62. The van der Waals surface area contributed by atoms with Crippen LogP contribution in [0.1, 0.15) is 43.1 Å². The number of aliphatic hydroxyl groups is 1. The van der Waals surface area contributed by atoms with E-state index < -0.39 is 58.8 Å². The van der Waals surface area contributed by atoms with Crippen molar-refractivity contribution < 1.29 is 45.9 Å². The van der Waals surface area contributed by atoms with Crippen LogP contribution in [0, 0.1) is 0 Å². The van der Waals surface area contributed by atoms with Crippen LogP contribution in [0.5, 0.6) is 0 Å². The summed E-state index contributed by atoms with van der Waals surface area (Å²) in [4.78, 5) is 28.4. The zero-order valence-electron chi connectivity index (χ0n) is 18.4. The molecule has 1 amide bonds. The second-order valence-electron chi connectivity index (χ2n) is 8.64. The highest BCUT2D eigenvalue weighted by atomic mass is 19.4. The molecule has 0 aliphatic carbocycles. The highest BCUT2D eigenvalue weighted by molar-refractivity contribution is 6.08. The molecule has 12 heteroatoms. The largest absolute Gasteiger partial charge is 0.437 e. The second-order valence-corrected chi connectivity index (χ2v) is 8.64. The number of hydrogen-bond donors (Lipinski definition) is 2. The van der Waals surface area contributed by atoms with Crippen molar-refractivity contribution >= 4 is 23.6 Å². The van der Waals surface area contributed by atoms with E-state index in [1.807, 2.05) is 5.32 Å². The van der Waals surface area contributed by atoms with Crippen molar-refractivity contribution in [1.29, 1.82) is 0 Å². The average Bonchev–Trinajstić information content (AvgIpc) is 2.77. The van der Waals surface area contributed by atoms with Crippen molar-refractivity contribution in [3.05, 3.63) is 65.2 Å². The predicted octanol–water partition coefficient (Wildman–Crippen LogP) is 4.82. The number of nitrogens with zero attached hydrogens (tertiary/aromatic N) is 1. The van der Waals surface area contributed by atoms with Crippen molar-refractivity contribution in [2.75, 3.05) is 5.32 Å². The lowest BCUT2D eigenvalue weighted by Gasteiger charge is -2.36. The van der Waals surface area contributed by atoms with Crippen molar-refractivity contribution in [2.24, 2.45) is 5.16 Å². The van der Waals surface area contributed by atoms with Crippen LogP contribution in [-0.4, -0.2) is 41.0 Å². The van der Waals surface area contributed by atoms with E-state index in [1.54, 1.807) is 30.3 Å². The number of nitrogens with one attached hydrogen (secondary N) is 1. The van der Waals surface area contributed by atoms with E-state index in [4.69, 9.17) is 0 Å². The van der Waals surface area contributed by atoms with Crippen molar-refractivity contribution in [3.8, 4) is 0 Å². The zero-order valence-corrected chi connectivity index (χ0v) is 18.4. The van der Waals surface area contributed by atoms with Gasteiger partial charge in [0.25, 0.3) is 5.91 Å². The number of carbonyl (C=O) groups excluding carboxylic acids is 2. The van der Waals surface area contributed by atoms with Gasteiger partial charge in [0.1, 0.15) is 0 Å². The minimum atomic E-state index is -5.41. The molecule has 0 bridgehead atoms. The lowest BCUT2D eigenvalue weighted by molar-refractivity contribution is -0.254. The van der Waals surface area contributed by atoms with Crippen LogP contribution in [0.2, 0.25) is 0 Å². The van der Waals surface area contributed by atoms with Gasteiger partial charge >= 0.3 is 12.4 Å². The molecule has 1 aliphatic rings. The van der Waals surface area contributed by atoms with E-state index in [-0.39, 0.29) is 11.8 Å². The van der Waals surface area contributed by atoms with Gasteiger partial charge in [-0.05, 0) is 23.1 Å². The Balaban J connectivity index is 1.97. The summed E-state index contributed by atoms with van der Waals surface area (Å²) >= 11 is 0. The third-order valence-electron chi connectivity index (χ3n) is 5.62. The summed E-state index contributed by atoms with van der Waals surface area (Å²) in [6.45, 7) is 2.83. The van der Waals surface area contributed by atoms with Crippen LogP contribution in [-0.2, 0) is 19.8 Å². The number of benzene rings is 2. The molecule has 6 nitrogen and oxygen atoms in total. The number of halogens is 6. The van der Waals surface area contributed by atoms with E-state index in [2.05, 4.69) is 9.99 Å². The first-order valence-electron chi connectivity index (χ1n) is 10.2. The number of carbonyl (C=O) groups is 2. The maximum absolute atomic E-state index is 14.0. The highest BCUT2D eigenvalue weighted by Gasteiger charge is 2.61. The molecule has 1 heterocycles. The maximum Gasteiger partial charge on any atom is 0.437 e. The number of anilines is 1. The molecule has 35 heavy (non-hydrogen) atoms. The number of oxime groups is 1. The van der Waals surface area contributed by atoms with E-state index in [1.165, 1.54) is 13.8 Å². The number of alkyl halides is 6. The van der Waals surface area contributed by atoms with Crippen molar-refractivity contribution in [2.45, 2.75) is 49.7 Å². The van der Waals surface area contributed by atoms with Gasteiger partial charge in [-0.2, -0.15) is 26.3 Å². The number of amides is 1. The SMILES string of the molecule is CC(C)(CC(O)(C(=O)Nc1ccc2c(c1)C(C(F)(F)F)=NOC2C=O)C(F)(F)F)c1ccccc1. The second kappa shape index (κ2) is 8.99. The fraction of sp³-hybridized carbons (Fsp3) is 0.348. The van der Waals surface area contributed by atoms with E-state index >= 15 is 0 Å². The quantitative estimate of drug-likeness (QED) is 0.438. The van der Waals surface area contributed by atoms with Crippen LogP contribution in [0.4, 0.5) is 32.0 Å². The summed E-state index contributed by atoms with van der Waals surface area (Å²) in [5.41, 5.74) is -7.66. The number of hydrogen-bond acceptors (Lipinski definition) is 5. The van der Waals surface area contributed by atoms with Crippen LogP contribution < -0.4 is 5.32 Å². The van der Waals surface area contributed by atoms with Gasteiger partial charge in [0.15, 0.2) is 12.0 Å². The van der Waals surface area contributed by atoms with E-state index in [0.29, 0.717) is 5.56 Å². The molecule has 2 N–H and O–H groups in total. The molecule has 2 aromatic carbocycles. The standard InChI is InChI=1S/C23H20F6N2O4/c1-20(2,13-6-4-3-5-7-13)12-21(34,23(27,28)29)19(33)30-14-8-9-15-16(10-14)18(22(24,25)26)31-35-17(15)11-32/h3-11,17,34H,12H2,1-2H3,(H,30,33). The lowest BCUT2D eigenvalue weighted by Crippen LogP contribution is -2.57. The van der Waals surface area contributed by atoms with Crippen molar-refractivity contribution in [1.82, 2.24) is 0 Å². The topological polar surface area (TPSA) is 88.0 Å². The summed E-state index contributed by atoms with van der Waals surface area (Å²) in [6.07, 6.45) is -12.8. The first-order valence-corrected chi connectivity index (χ1v) is 10.2. The van der Waals surface area contributed by atoms with Crippen LogP contribution in [0.3, 0.4) is 0 Å². The Morgan fingerprint density at radius 2 is 1.71 bits per heavy atom. The number of fused-ring (bicyclic) bond motifs is 1. The van der Waals surface area contributed by atoms with Gasteiger partial charge in [0.2, 0.25) is 11.7 Å². The molecular weight excluding hydrogens is 482 g/mol.